The van der Waals surface area contributed by atoms with Gasteiger partial charge in [-0.05, 0) is 31.4 Å². The molecule has 0 saturated heterocycles. The number of hydrogen-bond donors (Lipinski definition) is 3. The second-order valence-corrected chi connectivity index (χ2v) is 4.06. The van der Waals surface area contributed by atoms with Gasteiger partial charge in [-0.1, -0.05) is 5.16 Å². The summed E-state index contributed by atoms with van der Waals surface area (Å²) in [6, 6.07) is 2.31. The van der Waals surface area contributed by atoms with Crippen LogP contribution in [-0.4, -0.2) is 17.6 Å². The van der Waals surface area contributed by atoms with Crippen LogP contribution in [0.1, 0.15) is 24.8 Å². The normalized spacial score (nSPS) is 11.6. The Balaban J connectivity index is 2.38. The third-order valence-corrected chi connectivity index (χ3v) is 2.55. The summed E-state index contributed by atoms with van der Waals surface area (Å²) in [4.78, 5) is 0. The van der Waals surface area contributed by atoms with Crippen LogP contribution < -0.4 is 11.1 Å². The highest BCUT2D eigenvalue weighted by Gasteiger charge is 2.06. The van der Waals surface area contributed by atoms with Crippen molar-refractivity contribution in [3.05, 3.63) is 29.3 Å². The van der Waals surface area contributed by atoms with Crippen molar-refractivity contribution < 1.29 is 14.0 Å². The third kappa shape index (κ3) is 4.20. The van der Waals surface area contributed by atoms with Crippen LogP contribution in [0.2, 0.25) is 0 Å². The van der Waals surface area contributed by atoms with E-state index in [4.69, 9.17) is 10.9 Å². The van der Waals surface area contributed by atoms with Crippen molar-refractivity contribution in [1.82, 2.24) is 0 Å². The van der Waals surface area contributed by atoms with Gasteiger partial charge in [-0.3, -0.25) is 0 Å². The number of amidine groups is 1. The lowest BCUT2D eigenvalue weighted by Crippen LogP contribution is -2.12. The molecule has 0 unspecified atom stereocenters. The Morgan fingerprint density at radius 3 is 2.72 bits per heavy atom. The minimum atomic E-state index is -0.467. The number of nitrogens with zero attached hydrogens (tertiary/aromatic N) is 1. The van der Waals surface area contributed by atoms with Crippen LogP contribution in [0.4, 0.5) is 14.5 Å². The molecule has 6 heteroatoms. The Labute approximate surface area is 104 Å². The van der Waals surface area contributed by atoms with Gasteiger partial charge in [-0.15, -0.1) is 0 Å². The van der Waals surface area contributed by atoms with Gasteiger partial charge in [0.25, 0.3) is 0 Å². The van der Waals surface area contributed by atoms with Crippen molar-refractivity contribution in [1.29, 1.82) is 0 Å². The molecule has 0 atom stereocenters. The average molecular weight is 257 g/mol. The van der Waals surface area contributed by atoms with Gasteiger partial charge in [0.15, 0.2) is 0 Å². The zero-order valence-electron chi connectivity index (χ0n) is 10.2. The number of hydrogen-bond acceptors (Lipinski definition) is 3. The van der Waals surface area contributed by atoms with E-state index in [1.807, 2.05) is 0 Å². The third-order valence-electron chi connectivity index (χ3n) is 2.55. The molecule has 0 fully saturated rings. The highest BCUT2D eigenvalue weighted by molar-refractivity contribution is 5.79. The van der Waals surface area contributed by atoms with Crippen molar-refractivity contribution in [2.24, 2.45) is 10.9 Å². The summed E-state index contributed by atoms with van der Waals surface area (Å²) in [5.41, 5.74) is 5.73. The molecule has 0 heterocycles. The summed E-state index contributed by atoms with van der Waals surface area (Å²) >= 11 is 0. The van der Waals surface area contributed by atoms with Crippen LogP contribution in [0.3, 0.4) is 0 Å². The molecule has 18 heavy (non-hydrogen) atoms. The molecule has 4 nitrogen and oxygen atoms in total. The lowest BCUT2D eigenvalue weighted by Gasteiger charge is -2.08. The molecule has 0 aliphatic carbocycles. The predicted molar refractivity (Wildman–Crippen MR) is 66.8 cm³/mol. The number of nitrogens with two attached hydrogens (primary N) is 1. The van der Waals surface area contributed by atoms with Crippen molar-refractivity contribution in [3.8, 4) is 0 Å². The zero-order chi connectivity index (χ0) is 13.5. The number of unbranched alkanes of at least 4 members (excludes halogenated alkanes) is 1. The van der Waals surface area contributed by atoms with E-state index in [-0.39, 0.29) is 17.1 Å². The highest BCUT2D eigenvalue weighted by Crippen LogP contribution is 2.18. The summed E-state index contributed by atoms with van der Waals surface area (Å²) in [5, 5.41) is 14.0. The molecule has 4 N–H and O–H groups in total. The molecular weight excluding hydrogens is 240 g/mol. The van der Waals surface area contributed by atoms with Crippen molar-refractivity contribution >= 4 is 11.5 Å². The van der Waals surface area contributed by atoms with Gasteiger partial charge in [-0.2, -0.15) is 0 Å². The van der Waals surface area contributed by atoms with E-state index in [0.29, 0.717) is 25.8 Å². The molecular formula is C12H17F2N3O. The van der Waals surface area contributed by atoms with Crippen LogP contribution in [-0.2, 0) is 0 Å². The quantitative estimate of drug-likeness (QED) is 0.241. The molecule has 100 valence electrons. The number of oxime groups is 1. The number of aryl methyl sites for hydroxylation is 1. The maximum atomic E-state index is 13.4. The fourth-order valence-electron chi connectivity index (χ4n) is 1.49. The molecule has 0 aromatic heterocycles. The molecule has 0 aliphatic rings. The topological polar surface area (TPSA) is 70.6 Å². The Kier molecular flexibility index (Phi) is 5.35. The molecule has 0 bridgehead atoms. The summed E-state index contributed by atoms with van der Waals surface area (Å²) in [6.45, 7) is 2.01. The first-order valence-corrected chi connectivity index (χ1v) is 5.70. The van der Waals surface area contributed by atoms with Crippen LogP contribution in [0, 0.1) is 18.6 Å². The van der Waals surface area contributed by atoms with Gasteiger partial charge in [0.1, 0.15) is 17.5 Å². The fraction of sp³-hybridized carbons (Fsp3) is 0.417. The first kappa shape index (κ1) is 14.2. The Hall–Kier alpha value is -1.85. The van der Waals surface area contributed by atoms with E-state index < -0.39 is 11.6 Å². The average Bonchev–Trinajstić information content (AvgIpc) is 2.34. The van der Waals surface area contributed by atoms with E-state index in [1.54, 1.807) is 0 Å². The van der Waals surface area contributed by atoms with Crippen LogP contribution in [0.25, 0.3) is 0 Å². The first-order chi connectivity index (χ1) is 8.54. The Morgan fingerprint density at radius 1 is 1.33 bits per heavy atom. The standard InChI is InChI=1S/C12H17F2N3O/c1-8-6-10(14)11(7-9(8)13)16-5-3-2-4-12(15)17-18/h6-7,16,18H,2-5H2,1H3,(H2,15,17). The van der Waals surface area contributed by atoms with Gasteiger partial charge < -0.3 is 16.3 Å². The van der Waals surface area contributed by atoms with Crippen molar-refractivity contribution in [2.45, 2.75) is 26.2 Å². The number of benzene rings is 1. The number of halogens is 2. The largest absolute Gasteiger partial charge is 0.409 e. The molecule has 0 aliphatic heterocycles. The van der Waals surface area contributed by atoms with E-state index in [1.165, 1.54) is 6.92 Å². The van der Waals surface area contributed by atoms with Gasteiger partial charge >= 0.3 is 0 Å². The summed E-state index contributed by atoms with van der Waals surface area (Å²) in [5.74, 6) is -0.733. The smallest absolute Gasteiger partial charge is 0.146 e. The molecule has 0 saturated carbocycles. The van der Waals surface area contributed by atoms with E-state index in [2.05, 4.69) is 10.5 Å². The second-order valence-electron chi connectivity index (χ2n) is 4.06. The summed E-state index contributed by atoms with van der Waals surface area (Å²) in [6.07, 6.45) is 1.90. The number of anilines is 1. The van der Waals surface area contributed by atoms with E-state index >= 15 is 0 Å². The van der Waals surface area contributed by atoms with E-state index in [9.17, 15) is 8.78 Å². The molecule has 0 radical (unpaired) electrons. The Morgan fingerprint density at radius 2 is 2.06 bits per heavy atom. The lowest BCUT2D eigenvalue weighted by atomic mass is 10.2. The maximum Gasteiger partial charge on any atom is 0.146 e. The number of nitrogens with one attached hydrogen (secondary N) is 1. The first-order valence-electron chi connectivity index (χ1n) is 5.70. The second kappa shape index (κ2) is 6.78. The molecule has 0 spiro atoms. The van der Waals surface area contributed by atoms with Gasteiger partial charge in [0, 0.05) is 19.0 Å². The summed E-state index contributed by atoms with van der Waals surface area (Å²) in [7, 11) is 0. The van der Waals surface area contributed by atoms with Gasteiger partial charge in [0.05, 0.1) is 5.69 Å². The zero-order valence-corrected chi connectivity index (χ0v) is 10.2. The fourth-order valence-corrected chi connectivity index (χ4v) is 1.49. The predicted octanol–water partition coefficient (Wildman–Crippen LogP) is 2.60. The lowest BCUT2D eigenvalue weighted by molar-refractivity contribution is 0.316. The summed E-state index contributed by atoms with van der Waals surface area (Å²) < 4.78 is 26.6. The highest BCUT2D eigenvalue weighted by atomic mass is 19.1. The molecule has 0 amide bonds. The van der Waals surface area contributed by atoms with Crippen molar-refractivity contribution in [2.75, 3.05) is 11.9 Å². The molecule has 1 aromatic rings. The van der Waals surface area contributed by atoms with Gasteiger partial charge in [0.2, 0.25) is 0 Å². The maximum absolute atomic E-state index is 13.4. The van der Waals surface area contributed by atoms with E-state index in [0.717, 1.165) is 12.1 Å². The molecule has 1 aromatic carbocycles. The molecule has 1 rings (SSSR count). The van der Waals surface area contributed by atoms with Crippen LogP contribution in [0.15, 0.2) is 17.3 Å². The monoisotopic (exact) mass is 257 g/mol. The minimum absolute atomic E-state index is 0.155. The van der Waals surface area contributed by atoms with Crippen molar-refractivity contribution in [3.63, 3.8) is 0 Å². The van der Waals surface area contributed by atoms with Gasteiger partial charge in [-0.25, -0.2) is 8.78 Å². The Bertz CT molecular complexity index is 436. The van der Waals surface area contributed by atoms with Crippen LogP contribution in [0.5, 0.6) is 0 Å². The minimum Gasteiger partial charge on any atom is -0.409 e. The van der Waals surface area contributed by atoms with Crippen LogP contribution >= 0.6 is 0 Å². The SMILES string of the molecule is Cc1cc(F)c(NCCCC/C(N)=N/O)cc1F. The number of rotatable bonds is 6.